The highest BCUT2D eigenvalue weighted by atomic mass is 28.4. The van der Waals surface area contributed by atoms with Gasteiger partial charge in [0.25, 0.3) is 0 Å². The molecule has 0 aliphatic carbocycles. The van der Waals surface area contributed by atoms with Crippen LogP contribution in [0, 0.1) is 0 Å². The minimum atomic E-state index is -1.38. The summed E-state index contributed by atoms with van der Waals surface area (Å²) >= 11 is 0. The van der Waals surface area contributed by atoms with Gasteiger partial charge >= 0.3 is 0 Å². The zero-order valence-electron chi connectivity index (χ0n) is 20.1. The van der Waals surface area contributed by atoms with E-state index in [1.54, 1.807) is 6.08 Å². The van der Waals surface area contributed by atoms with Crippen molar-refractivity contribution in [1.29, 1.82) is 0 Å². The molecule has 0 unspecified atom stereocenters. The number of benzene rings is 2. The molecule has 0 amide bonds. The third kappa shape index (κ3) is 10.8. The quantitative estimate of drug-likeness (QED) is 0.124. The number of hydrogen-bond donors (Lipinski definition) is 0. The molecule has 4 nitrogen and oxygen atoms in total. The number of hydrogen-bond acceptors (Lipinski definition) is 4. The first-order valence-electron chi connectivity index (χ1n) is 11.7. The van der Waals surface area contributed by atoms with Crippen molar-refractivity contribution in [2.75, 3.05) is 19.8 Å². The fourth-order valence-corrected chi connectivity index (χ4v) is 3.76. The van der Waals surface area contributed by atoms with Gasteiger partial charge in [0.1, 0.15) is 11.5 Å². The maximum absolute atomic E-state index is 12.4. The van der Waals surface area contributed by atoms with Gasteiger partial charge in [-0.05, 0) is 93.4 Å². The van der Waals surface area contributed by atoms with Crippen molar-refractivity contribution in [3.8, 4) is 11.5 Å². The van der Waals surface area contributed by atoms with Crippen molar-refractivity contribution in [3.63, 3.8) is 0 Å². The highest BCUT2D eigenvalue weighted by Crippen LogP contribution is 2.16. The molecule has 0 saturated carbocycles. The minimum Gasteiger partial charge on any atom is -0.494 e. The largest absolute Gasteiger partial charge is 0.494 e. The van der Waals surface area contributed by atoms with Gasteiger partial charge in [0, 0.05) is 12.2 Å². The van der Waals surface area contributed by atoms with Gasteiger partial charge in [-0.15, -0.1) is 0 Å². The third-order valence-electron chi connectivity index (χ3n) is 4.76. The van der Waals surface area contributed by atoms with E-state index >= 15 is 0 Å². The average molecular weight is 455 g/mol. The molecular weight excluding hydrogens is 416 g/mol. The Morgan fingerprint density at radius 3 is 1.94 bits per heavy atom. The normalized spacial score (nSPS) is 11.6. The first-order chi connectivity index (χ1) is 15.4. The van der Waals surface area contributed by atoms with Gasteiger partial charge in [-0.1, -0.05) is 31.6 Å². The zero-order chi connectivity index (χ0) is 23.2. The van der Waals surface area contributed by atoms with Crippen LogP contribution in [0.5, 0.6) is 11.5 Å². The van der Waals surface area contributed by atoms with Crippen molar-refractivity contribution in [3.05, 3.63) is 65.7 Å². The maximum atomic E-state index is 12.4. The SMILES string of the molecule is CCCOc1ccc(C=CC(=O)c2ccc(OCCCCCCO[Si](C)(C)C)cc2)cc1. The number of ketones is 1. The first-order valence-corrected chi connectivity index (χ1v) is 15.1. The van der Waals surface area contributed by atoms with Crippen LogP contribution in [0.2, 0.25) is 19.6 Å². The van der Waals surface area contributed by atoms with Crippen LogP contribution in [0.1, 0.15) is 54.9 Å². The van der Waals surface area contributed by atoms with Gasteiger partial charge in [0.05, 0.1) is 13.2 Å². The average Bonchev–Trinajstić information content (AvgIpc) is 2.78. The van der Waals surface area contributed by atoms with E-state index in [1.807, 2.05) is 54.6 Å². The van der Waals surface area contributed by atoms with Gasteiger partial charge < -0.3 is 13.9 Å². The molecule has 2 aromatic rings. The van der Waals surface area contributed by atoms with E-state index in [0.717, 1.165) is 49.4 Å². The molecule has 5 heteroatoms. The van der Waals surface area contributed by atoms with Crippen molar-refractivity contribution in [2.24, 2.45) is 0 Å². The summed E-state index contributed by atoms with van der Waals surface area (Å²) in [6.07, 6.45) is 8.86. The van der Waals surface area contributed by atoms with Crippen molar-refractivity contribution < 1.29 is 18.7 Å². The first kappa shape index (κ1) is 25.9. The van der Waals surface area contributed by atoms with Gasteiger partial charge in [-0.2, -0.15) is 0 Å². The standard InChI is InChI=1S/C27H38O4Si/c1-5-20-29-25-15-10-23(11-16-25)12-19-27(28)24-13-17-26(18-14-24)30-21-8-6-7-9-22-31-32(2,3)4/h10-19H,5-9,20-22H2,1-4H3. The van der Waals surface area contributed by atoms with E-state index in [9.17, 15) is 4.79 Å². The molecule has 0 bridgehead atoms. The molecule has 0 aliphatic heterocycles. The van der Waals surface area contributed by atoms with Crippen LogP contribution in [-0.4, -0.2) is 33.9 Å². The molecule has 2 aromatic carbocycles. The van der Waals surface area contributed by atoms with Crippen molar-refractivity contribution in [2.45, 2.75) is 58.7 Å². The van der Waals surface area contributed by atoms with Crippen LogP contribution in [0.4, 0.5) is 0 Å². The van der Waals surface area contributed by atoms with E-state index in [0.29, 0.717) is 18.8 Å². The van der Waals surface area contributed by atoms with E-state index in [-0.39, 0.29) is 5.78 Å². The fraction of sp³-hybridized carbons (Fsp3) is 0.444. The molecule has 0 heterocycles. The Morgan fingerprint density at radius 2 is 1.34 bits per heavy atom. The van der Waals surface area contributed by atoms with Crippen molar-refractivity contribution in [1.82, 2.24) is 0 Å². The second-order valence-electron chi connectivity index (χ2n) is 8.86. The smallest absolute Gasteiger partial charge is 0.185 e. The molecule has 0 spiro atoms. The van der Waals surface area contributed by atoms with E-state index in [4.69, 9.17) is 13.9 Å². The molecule has 0 aliphatic rings. The summed E-state index contributed by atoms with van der Waals surface area (Å²) in [5, 5.41) is 0. The van der Waals surface area contributed by atoms with Gasteiger partial charge in [-0.25, -0.2) is 0 Å². The summed E-state index contributed by atoms with van der Waals surface area (Å²) in [6.45, 7) is 11.0. The zero-order valence-corrected chi connectivity index (χ0v) is 21.1. The molecular formula is C27H38O4Si. The van der Waals surface area contributed by atoms with E-state index in [2.05, 4.69) is 26.6 Å². The second-order valence-corrected chi connectivity index (χ2v) is 13.4. The van der Waals surface area contributed by atoms with Crippen LogP contribution >= 0.6 is 0 Å². The van der Waals surface area contributed by atoms with Crippen LogP contribution in [-0.2, 0) is 4.43 Å². The highest BCUT2D eigenvalue weighted by molar-refractivity contribution is 6.69. The number of ether oxygens (including phenoxy) is 2. The molecule has 0 aromatic heterocycles. The summed E-state index contributed by atoms with van der Waals surface area (Å²) in [4.78, 5) is 12.4. The van der Waals surface area contributed by atoms with E-state index in [1.165, 1.54) is 6.42 Å². The molecule has 0 saturated heterocycles. The van der Waals surface area contributed by atoms with Crippen LogP contribution in [0.15, 0.2) is 54.6 Å². The summed E-state index contributed by atoms with van der Waals surface area (Å²) in [7, 11) is -1.38. The monoisotopic (exact) mass is 454 g/mol. The lowest BCUT2D eigenvalue weighted by Crippen LogP contribution is -2.25. The predicted octanol–water partition coefficient (Wildman–Crippen LogP) is 7.16. The third-order valence-corrected chi connectivity index (χ3v) is 5.83. The molecule has 0 N–H and O–H groups in total. The lowest BCUT2D eigenvalue weighted by molar-refractivity contribution is 0.104. The van der Waals surface area contributed by atoms with Crippen LogP contribution in [0.25, 0.3) is 6.08 Å². The van der Waals surface area contributed by atoms with Crippen molar-refractivity contribution >= 4 is 20.2 Å². The number of unbranched alkanes of at least 4 members (excludes halogenated alkanes) is 3. The molecule has 174 valence electrons. The molecule has 0 fully saturated rings. The lowest BCUT2D eigenvalue weighted by Gasteiger charge is -2.16. The molecule has 2 rings (SSSR count). The van der Waals surface area contributed by atoms with Gasteiger partial charge in [-0.3, -0.25) is 4.79 Å². The number of rotatable bonds is 15. The Labute approximate surface area is 194 Å². The number of allylic oxidation sites excluding steroid dienone is 1. The highest BCUT2D eigenvalue weighted by Gasteiger charge is 2.12. The molecule has 32 heavy (non-hydrogen) atoms. The number of carbonyl (C=O) groups is 1. The van der Waals surface area contributed by atoms with Crippen LogP contribution in [0.3, 0.4) is 0 Å². The fourth-order valence-electron chi connectivity index (χ4n) is 3.00. The van der Waals surface area contributed by atoms with E-state index < -0.39 is 8.32 Å². The second kappa shape index (κ2) is 13.9. The van der Waals surface area contributed by atoms with Gasteiger partial charge in [0.15, 0.2) is 14.1 Å². The topological polar surface area (TPSA) is 44.8 Å². The van der Waals surface area contributed by atoms with Gasteiger partial charge in [0.2, 0.25) is 0 Å². The summed E-state index contributed by atoms with van der Waals surface area (Å²) in [5.74, 6) is 1.63. The van der Waals surface area contributed by atoms with Crippen LogP contribution < -0.4 is 9.47 Å². The Bertz CT molecular complexity index is 820. The Balaban J connectivity index is 1.68. The Hall–Kier alpha value is -2.37. The summed E-state index contributed by atoms with van der Waals surface area (Å²) < 4.78 is 17.2. The minimum absolute atomic E-state index is 0.0246. The summed E-state index contributed by atoms with van der Waals surface area (Å²) in [5.41, 5.74) is 1.62. The molecule has 0 atom stereocenters. The Morgan fingerprint density at radius 1 is 0.781 bits per heavy atom. The maximum Gasteiger partial charge on any atom is 0.185 e. The summed E-state index contributed by atoms with van der Waals surface area (Å²) in [6, 6.07) is 15.1. The number of carbonyl (C=O) groups excluding carboxylic acids is 1. The molecule has 0 radical (unpaired) electrons. The predicted molar refractivity (Wildman–Crippen MR) is 135 cm³/mol. The Kier molecular flexibility index (Phi) is 11.3. The lowest BCUT2D eigenvalue weighted by atomic mass is 10.1.